The molecule has 1 atom stereocenters. The van der Waals surface area contributed by atoms with Gasteiger partial charge in [-0.15, -0.1) is 0 Å². The van der Waals surface area contributed by atoms with E-state index in [1.54, 1.807) is 6.07 Å². The van der Waals surface area contributed by atoms with E-state index in [4.69, 9.17) is 0 Å². The number of carbonyl (C=O) groups excluding carboxylic acids is 1. The number of hydrogen-bond donors (Lipinski definition) is 1. The van der Waals surface area contributed by atoms with Crippen LogP contribution in [0.1, 0.15) is 26.2 Å². The molecule has 1 unspecified atom stereocenters. The summed E-state index contributed by atoms with van der Waals surface area (Å²) in [6.45, 7) is 7.02. The number of rotatable bonds is 3. The van der Waals surface area contributed by atoms with Crippen LogP contribution in [-0.4, -0.2) is 66.1 Å². The van der Waals surface area contributed by atoms with Gasteiger partial charge in [-0.05, 0) is 38.3 Å². The molecule has 1 aromatic rings. The summed E-state index contributed by atoms with van der Waals surface area (Å²) in [5, 5.41) is 9.96. The number of anilines is 1. The number of nitrogens with zero attached hydrogens (tertiary/aromatic N) is 3. The highest BCUT2D eigenvalue weighted by Gasteiger charge is 2.26. The number of piperidine rings is 1. The number of hydrogen-bond acceptors (Lipinski definition) is 4. The van der Waals surface area contributed by atoms with E-state index in [9.17, 15) is 9.90 Å². The number of carbonyl (C=O) groups is 1. The highest BCUT2D eigenvalue weighted by molar-refractivity contribution is 5.78. The highest BCUT2D eigenvalue weighted by atomic mass is 16.3. The lowest BCUT2D eigenvalue weighted by Crippen LogP contribution is -2.52. The van der Waals surface area contributed by atoms with E-state index in [2.05, 4.69) is 21.6 Å². The second kappa shape index (κ2) is 7.21. The predicted molar refractivity (Wildman–Crippen MR) is 91.8 cm³/mol. The number of amides is 1. The largest absolute Gasteiger partial charge is 0.506 e. The third-order valence-corrected chi connectivity index (χ3v) is 5.08. The van der Waals surface area contributed by atoms with Crippen molar-refractivity contribution < 1.29 is 9.90 Å². The van der Waals surface area contributed by atoms with Crippen molar-refractivity contribution in [1.29, 1.82) is 0 Å². The van der Waals surface area contributed by atoms with Gasteiger partial charge >= 0.3 is 0 Å². The van der Waals surface area contributed by atoms with Crippen LogP contribution < -0.4 is 4.90 Å². The quantitative estimate of drug-likeness (QED) is 0.925. The second-order valence-corrected chi connectivity index (χ2v) is 6.68. The summed E-state index contributed by atoms with van der Waals surface area (Å²) < 4.78 is 0. The average molecular weight is 317 g/mol. The summed E-state index contributed by atoms with van der Waals surface area (Å²) >= 11 is 0. The van der Waals surface area contributed by atoms with Crippen LogP contribution in [0, 0.1) is 0 Å². The molecule has 5 heteroatoms. The molecular weight excluding hydrogens is 290 g/mol. The number of phenolic OH excluding ortho intramolecular Hbond substituents is 1. The van der Waals surface area contributed by atoms with Gasteiger partial charge in [0.25, 0.3) is 0 Å². The Morgan fingerprint density at radius 2 is 1.87 bits per heavy atom. The van der Waals surface area contributed by atoms with Crippen molar-refractivity contribution in [1.82, 2.24) is 9.80 Å². The van der Waals surface area contributed by atoms with Crippen molar-refractivity contribution in [2.75, 3.05) is 44.2 Å². The van der Waals surface area contributed by atoms with Crippen molar-refractivity contribution in [2.24, 2.45) is 0 Å². The van der Waals surface area contributed by atoms with Gasteiger partial charge in [0.15, 0.2) is 0 Å². The van der Waals surface area contributed by atoms with Crippen molar-refractivity contribution in [3.63, 3.8) is 0 Å². The fraction of sp³-hybridized carbons (Fsp3) is 0.611. The lowest BCUT2D eigenvalue weighted by atomic mass is 10.0. The Hall–Kier alpha value is -1.75. The molecule has 1 aromatic carbocycles. The third-order valence-electron chi connectivity index (χ3n) is 5.08. The average Bonchev–Trinajstić information content (AvgIpc) is 2.56. The zero-order chi connectivity index (χ0) is 16.2. The molecule has 2 heterocycles. The molecule has 2 aliphatic heterocycles. The van der Waals surface area contributed by atoms with Crippen LogP contribution in [0.25, 0.3) is 0 Å². The maximum Gasteiger partial charge on any atom is 0.236 e. The van der Waals surface area contributed by atoms with Crippen molar-refractivity contribution in [3.05, 3.63) is 24.3 Å². The molecule has 2 aliphatic rings. The Morgan fingerprint density at radius 3 is 2.57 bits per heavy atom. The summed E-state index contributed by atoms with van der Waals surface area (Å²) in [6.07, 6.45) is 3.51. The van der Waals surface area contributed by atoms with Crippen molar-refractivity contribution in [3.8, 4) is 5.75 Å². The SMILES string of the molecule is CC1CCCCN1C(=O)CN1CCN(c2ccccc2O)CC1. The molecule has 5 nitrogen and oxygen atoms in total. The number of aromatic hydroxyl groups is 1. The van der Waals surface area contributed by atoms with Gasteiger partial charge < -0.3 is 14.9 Å². The molecule has 1 amide bonds. The van der Waals surface area contributed by atoms with Gasteiger partial charge in [0.05, 0.1) is 12.2 Å². The molecule has 0 radical (unpaired) electrons. The molecule has 0 aliphatic carbocycles. The number of para-hydroxylation sites is 2. The van der Waals surface area contributed by atoms with E-state index in [0.717, 1.165) is 51.3 Å². The van der Waals surface area contributed by atoms with Crippen LogP contribution in [0.4, 0.5) is 5.69 Å². The Bertz CT molecular complexity index is 541. The fourth-order valence-electron chi connectivity index (χ4n) is 3.63. The zero-order valence-corrected chi connectivity index (χ0v) is 13.9. The molecule has 1 N–H and O–H groups in total. The maximum absolute atomic E-state index is 12.5. The van der Waals surface area contributed by atoms with Crippen LogP contribution >= 0.6 is 0 Å². The van der Waals surface area contributed by atoms with Gasteiger partial charge in [-0.1, -0.05) is 12.1 Å². The van der Waals surface area contributed by atoms with Crippen LogP contribution in [-0.2, 0) is 4.79 Å². The van der Waals surface area contributed by atoms with Gasteiger partial charge in [0.2, 0.25) is 5.91 Å². The molecule has 0 spiro atoms. The number of piperazine rings is 1. The van der Waals surface area contributed by atoms with E-state index in [1.165, 1.54) is 6.42 Å². The number of likely N-dealkylation sites (tertiary alicyclic amines) is 1. The van der Waals surface area contributed by atoms with Crippen LogP contribution in [0.5, 0.6) is 5.75 Å². The summed E-state index contributed by atoms with van der Waals surface area (Å²) in [7, 11) is 0. The fourth-order valence-corrected chi connectivity index (χ4v) is 3.63. The smallest absolute Gasteiger partial charge is 0.236 e. The van der Waals surface area contributed by atoms with Gasteiger partial charge in [-0.25, -0.2) is 0 Å². The molecule has 126 valence electrons. The minimum atomic E-state index is 0.271. The molecule has 0 bridgehead atoms. The molecule has 0 saturated carbocycles. The Balaban J connectivity index is 1.51. The molecule has 3 rings (SSSR count). The first-order valence-electron chi connectivity index (χ1n) is 8.70. The predicted octanol–water partition coefficient (Wildman–Crippen LogP) is 1.92. The van der Waals surface area contributed by atoms with Gasteiger partial charge in [-0.2, -0.15) is 0 Å². The van der Waals surface area contributed by atoms with Crippen molar-refractivity contribution in [2.45, 2.75) is 32.2 Å². The molecule has 2 fully saturated rings. The summed E-state index contributed by atoms with van der Waals surface area (Å²) in [5.74, 6) is 0.604. The van der Waals surface area contributed by atoms with E-state index < -0.39 is 0 Å². The molecule has 2 saturated heterocycles. The molecule has 23 heavy (non-hydrogen) atoms. The summed E-state index contributed by atoms with van der Waals surface area (Å²) in [5.41, 5.74) is 0.892. The highest BCUT2D eigenvalue weighted by Crippen LogP contribution is 2.27. The van der Waals surface area contributed by atoms with Gasteiger partial charge in [0, 0.05) is 38.8 Å². The monoisotopic (exact) mass is 317 g/mol. The summed E-state index contributed by atoms with van der Waals surface area (Å²) in [6, 6.07) is 7.85. The Kier molecular flexibility index (Phi) is 5.06. The first-order chi connectivity index (χ1) is 11.1. The minimum Gasteiger partial charge on any atom is -0.506 e. The van der Waals surface area contributed by atoms with Crippen LogP contribution in [0.15, 0.2) is 24.3 Å². The number of benzene rings is 1. The third kappa shape index (κ3) is 3.78. The first kappa shape index (κ1) is 16.1. The first-order valence-corrected chi connectivity index (χ1v) is 8.70. The lowest BCUT2D eigenvalue weighted by Gasteiger charge is -2.38. The summed E-state index contributed by atoms with van der Waals surface area (Å²) in [4.78, 5) is 19.0. The molecular formula is C18H27N3O2. The number of phenols is 1. The maximum atomic E-state index is 12.5. The van der Waals surface area contributed by atoms with Crippen molar-refractivity contribution >= 4 is 11.6 Å². The molecule has 0 aromatic heterocycles. The second-order valence-electron chi connectivity index (χ2n) is 6.68. The topological polar surface area (TPSA) is 47.0 Å². The Labute approximate surface area is 138 Å². The van der Waals surface area contributed by atoms with E-state index in [-0.39, 0.29) is 5.91 Å². The van der Waals surface area contributed by atoms with Crippen LogP contribution in [0.2, 0.25) is 0 Å². The standard InChI is InChI=1S/C18H27N3O2/c1-15-6-4-5-9-21(15)18(23)14-19-10-12-20(13-11-19)16-7-2-3-8-17(16)22/h2-3,7-8,15,22H,4-6,9-14H2,1H3. The Morgan fingerprint density at radius 1 is 1.13 bits per heavy atom. The van der Waals surface area contributed by atoms with E-state index >= 15 is 0 Å². The normalized spacial score (nSPS) is 23.1. The minimum absolute atomic E-state index is 0.271. The lowest BCUT2D eigenvalue weighted by molar-refractivity contribution is -0.135. The van der Waals surface area contributed by atoms with Crippen LogP contribution in [0.3, 0.4) is 0 Å². The van der Waals surface area contributed by atoms with Gasteiger partial charge in [-0.3, -0.25) is 9.69 Å². The van der Waals surface area contributed by atoms with E-state index in [1.807, 2.05) is 18.2 Å². The van der Waals surface area contributed by atoms with Gasteiger partial charge in [0.1, 0.15) is 5.75 Å². The van der Waals surface area contributed by atoms with E-state index in [0.29, 0.717) is 18.3 Å². The zero-order valence-electron chi connectivity index (χ0n) is 13.9.